The monoisotopic (exact) mass is 457 g/mol. The second-order valence-electron chi connectivity index (χ2n) is 4.71. The number of phenolic OH excluding ortho intramolecular Hbond substituents is 1. The Kier molecular flexibility index (Phi) is 4.69. The first kappa shape index (κ1) is 16.4. The third-order valence-electron chi connectivity index (χ3n) is 3.13. The maximum atomic E-state index is 13.4. The van der Waals surface area contributed by atoms with E-state index in [1.54, 1.807) is 30.3 Å². The topological polar surface area (TPSA) is 40.5 Å². The molecule has 0 aliphatic carbocycles. The number of benzene rings is 2. The van der Waals surface area contributed by atoms with Crippen molar-refractivity contribution in [1.82, 2.24) is 0 Å². The van der Waals surface area contributed by atoms with Crippen LogP contribution in [0.4, 0.5) is 10.1 Å². The lowest BCUT2D eigenvalue weighted by atomic mass is 10.2. The van der Waals surface area contributed by atoms with E-state index < -0.39 is 5.82 Å². The average molecular weight is 457 g/mol. The molecule has 23 heavy (non-hydrogen) atoms. The van der Waals surface area contributed by atoms with E-state index in [1.165, 1.54) is 34.9 Å². The number of nitrogens with zero attached hydrogens (tertiary/aromatic N) is 1. The van der Waals surface area contributed by atoms with E-state index >= 15 is 0 Å². The quantitative estimate of drug-likeness (QED) is 0.409. The molecule has 7 heteroatoms. The van der Waals surface area contributed by atoms with Crippen LogP contribution in [0.2, 0.25) is 0 Å². The summed E-state index contributed by atoms with van der Waals surface area (Å²) in [6.45, 7) is 0. The molecule has 3 rings (SSSR count). The second-order valence-corrected chi connectivity index (χ2v) is 7.55. The molecule has 1 aliphatic rings. The first-order chi connectivity index (χ1) is 11.0. The largest absolute Gasteiger partial charge is 0.507 e. The first-order valence-corrected chi connectivity index (χ1v) is 8.78. The van der Waals surface area contributed by atoms with Gasteiger partial charge in [-0.3, -0.25) is 9.69 Å². The molecule has 116 valence electrons. The van der Waals surface area contributed by atoms with Crippen molar-refractivity contribution in [3.05, 3.63) is 62.3 Å². The average Bonchev–Trinajstić information content (AvgIpc) is 2.77. The zero-order valence-corrected chi connectivity index (χ0v) is 15.3. The molecule has 1 aliphatic heterocycles. The Labute approximate surface area is 155 Å². The van der Waals surface area contributed by atoms with Crippen LogP contribution in [0, 0.1) is 9.39 Å². The van der Waals surface area contributed by atoms with Crippen molar-refractivity contribution >= 4 is 68.6 Å². The summed E-state index contributed by atoms with van der Waals surface area (Å²) in [6, 6.07) is 10.8. The lowest BCUT2D eigenvalue weighted by molar-refractivity contribution is -0.113. The lowest BCUT2D eigenvalue weighted by Gasteiger charge is -2.14. The minimum absolute atomic E-state index is 0.190. The second kappa shape index (κ2) is 6.58. The molecule has 0 aromatic heterocycles. The van der Waals surface area contributed by atoms with Gasteiger partial charge in [0.1, 0.15) is 11.6 Å². The molecule has 0 bridgehead atoms. The van der Waals surface area contributed by atoms with Crippen LogP contribution in [0.1, 0.15) is 5.56 Å². The van der Waals surface area contributed by atoms with Crippen LogP contribution in [-0.2, 0) is 4.79 Å². The molecule has 2 aromatic carbocycles. The van der Waals surface area contributed by atoms with Gasteiger partial charge in [-0.2, -0.15) is 0 Å². The summed E-state index contributed by atoms with van der Waals surface area (Å²) in [7, 11) is 0. The van der Waals surface area contributed by atoms with Crippen LogP contribution in [-0.4, -0.2) is 15.3 Å². The number of carbonyl (C=O) groups excluding carboxylic acids is 1. The summed E-state index contributed by atoms with van der Waals surface area (Å²) in [5.41, 5.74) is 1.20. The van der Waals surface area contributed by atoms with Gasteiger partial charge in [0.15, 0.2) is 4.32 Å². The number of amides is 1. The summed E-state index contributed by atoms with van der Waals surface area (Å²) < 4.78 is 14.4. The smallest absolute Gasteiger partial charge is 0.270 e. The molecule has 0 unspecified atom stereocenters. The number of anilines is 1. The van der Waals surface area contributed by atoms with E-state index in [0.29, 0.717) is 18.5 Å². The van der Waals surface area contributed by atoms with E-state index in [2.05, 4.69) is 0 Å². The number of hydrogen-bond acceptors (Lipinski definition) is 4. The highest BCUT2D eigenvalue weighted by molar-refractivity contribution is 14.1. The third kappa shape index (κ3) is 3.41. The predicted molar refractivity (Wildman–Crippen MR) is 103 cm³/mol. The number of phenols is 1. The molecular weight excluding hydrogens is 448 g/mol. The van der Waals surface area contributed by atoms with Gasteiger partial charge in [0.05, 0.1) is 14.2 Å². The fourth-order valence-corrected chi connectivity index (χ4v) is 3.91. The standard InChI is InChI=1S/C16H9FINO2S2/c17-10-2-1-3-11(8-10)19-15(21)14(23-16(19)22)7-9-4-5-13(20)12(18)6-9/h1-8,20H. The Morgan fingerprint density at radius 1 is 1.26 bits per heavy atom. The number of halogens is 2. The predicted octanol–water partition coefficient (Wildman–Crippen LogP) is 4.54. The summed E-state index contributed by atoms with van der Waals surface area (Å²) >= 11 is 8.43. The fourth-order valence-electron chi connectivity index (χ4n) is 2.07. The number of thioether (sulfide) groups is 1. The van der Waals surface area contributed by atoms with Gasteiger partial charge < -0.3 is 5.11 Å². The molecular formula is C16H9FINO2S2. The normalized spacial score (nSPS) is 16.4. The van der Waals surface area contributed by atoms with E-state index in [9.17, 15) is 14.3 Å². The lowest BCUT2D eigenvalue weighted by Crippen LogP contribution is -2.27. The van der Waals surface area contributed by atoms with Gasteiger partial charge in [-0.25, -0.2) is 4.39 Å². The number of rotatable bonds is 2. The van der Waals surface area contributed by atoms with Crippen LogP contribution in [0.15, 0.2) is 47.4 Å². The molecule has 0 atom stereocenters. The highest BCUT2D eigenvalue weighted by Gasteiger charge is 2.33. The summed E-state index contributed by atoms with van der Waals surface area (Å²) in [6.07, 6.45) is 1.71. The van der Waals surface area contributed by atoms with Crippen molar-refractivity contribution in [3.63, 3.8) is 0 Å². The van der Waals surface area contributed by atoms with Gasteiger partial charge >= 0.3 is 0 Å². The Morgan fingerprint density at radius 2 is 2.04 bits per heavy atom. The highest BCUT2D eigenvalue weighted by atomic mass is 127. The summed E-state index contributed by atoms with van der Waals surface area (Å²) in [4.78, 5) is 14.3. The molecule has 0 spiro atoms. The summed E-state index contributed by atoms with van der Waals surface area (Å²) in [5.74, 6) is -0.516. The van der Waals surface area contributed by atoms with Gasteiger partial charge in [-0.1, -0.05) is 36.1 Å². The zero-order chi connectivity index (χ0) is 16.6. The van der Waals surface area contributed by atoms with E-state index in [4.69, 9.17) is 12.2 Å². The van der Waals surface area contributed by atoms with Crippen LogP contribution < -0.4 is 4.90 Å². The van der Waals surface area contributed by atoms with Crippen LogP contribution >= 0.6 is 46.6 Å². The Balaban J connectivity index is 1.94. The van der Waals surface area contributed by atoms with Gasteiger partial charge in [-0.15, -0.1) is 0 Å². The Bertz CT molecular complexity index is 854. The number of hydrogen-bond donors (Lipinski definition) is 1. The van der Waals surface area contributed by atoms with Crippen LogP contribution in [0.25, 0.3) is 6.08 Å². The number of carbonyl (C=O) groups is 1. The Morgan fingerprint density at radius 3 is 2.74 bits per heavy atom. The first-order valence-electron chi connectivity index (χ1n) is 6.48. The van der Waals surface area contributed by atoms with Crippen molar-refractivity contribution in [2.45, 2.75) is 0 Å². The number of aromatic hydroxyl groups is 1. The molecule has 2 aromatic rings. The zero-order valence-electron chi connectivity index (χ0n) is 11.5. The van der Waals surface area contributed by atoms with Crippen molar-refractivity contribution in [2.75, 3.05) is 4.90 Å². The van der Waals surface area contributed by atoms with Crippen molar-refractivity contribution < 1.29 is 14.3 Å². The SMILES string of the molecule is O=C1C(=Cc2ccc(O)c(I)c2)SC(=S)N1c1cccc(F)c1. The molecule has 0 saturated carbocycles. The molecule has 1 saturated heterocycles. The number of thiocarbonyl (C=S) groups is 1. The van der Waals surface area contributed by atoms with Gasteiger partial charge in [0.2, 0.25) is 0 Å². The van der Waals surface area contributed by atoms with E-state index in [1.807, 2.05) is 22.6 Å². The van der Waals surface area contributed by atoms with Crippen LogP contribution in [0.5, 0.6) is 5.75 Å². The molecule has 1 amide bonds. The van der Waals surface area contributed by atoms with E-state index in [-0.39, 0.29) is 11.7 Å². The van der Waals surface area contributed by atoms with Gasteiger partial charge in [0, 0.05) is 0 Å². The van der Waals surface area contributed by atoms with Crippen LogP contribution in [0.3, 0.4) is 0 Å². The molecule has 1 fully saturated rings. The highest BCUT2D eigenvalue weighted by Crippen LogP contribution is 2.36. The summed E-state index contributed by atoms with van der Waals surface area (Å²) in [5, 5.41) is 9.55. The van der Waals surface area contributed by atoms with E-state index in [0.717, 1.165) is 5.56 Å². The molecule has 1 N–H and O–H groups in total. The van der Waals surface area contributed by atoms with Gasteiger partial charge in [-0.05, 0) is 64.6 Å². The maximum absolute atomic E-state index is 13.4. The molecule has 1 heterocycles. The minimum atomic E-state index is -0.423. The maximum Gasteiger partial charge on any atom is 0.270 e. The Hall–Kier alpha value is -1.45. The van der Waals surface area contributed by atoms with Crippen molar-refractivity contribution in [1.29, 1.82) is 0 Å². The van der Waals surface area contributed by atoms with Crippen molar-refractivity contribution in [2.24, 2.45) is 0 Å². The third-order valence-corrected chi connectivity index (χ3v) is 5.30. The fraction of sp³-hybridized carbons (Fsp3) is 0. The molecule has 3 nitrogen and oxygen atoms in total. The minimum Gasteiger partial charge on any atom is -0.507 e. The molecule has 0 radical (unpaired) electrons. The van der Waals surface area contributed by atoms with Gasteiger partial charge in [0.25, 0.3) is 5.91 Å². The van der Waals surface area contributed by atoms with Crippen molar-refractivity contribution in [3.8, 4) is 5.75 Å².